The van der Waals surface area contributed by atoms with Crippen LogP contribution in [-0.2, 0) is 0 Å². The number of aliphatic hydroxyl groups is 1. The van der Waals surface area contributed by atoms with Gasteiger partial charge in [0.05, 0.1) is 6.61 Å². The summed E-state index contributed by atoms with van der Waals surface area (Å²) >= 11 is 0. The predicted molar refractivity (Wildman–Crippen MR) is 80.0 cm³/mol. The lowest BCUT2D eigenvalue weighted by Gasteiger charge is -2.42. The fourth-order valence-electron chi connectivity index (χ4n) is 4.08. The van der Waals surface area contributed by atoms with Crippen molar-refractivity contribution in [1.29, 1.82) is 0 Å². The van der Waals surface area contributed by atoms with E-state index in [0.717, 1.165) is 19.5 Å². The average Bonchev–Trinajstić information content (AvgIpc) is 2.86. The standard InChI is InChI=1S/C16H32N2O/c1-16(2)8-7-15(17)13(11-16)12-18(9-10-19)14-5-3-4-6-14/h13-15,19H,3-12,17H2,1-2H3. The molecular formula is C16H32N2O. The highest BCUT2D eigenvalue weighted by molar-refractivity contribution is 4.90. The van der Waals surface area contributed by atoms with Gasteiger partial charge in [0.15, 0.2) is 0 Å². The Morgan fingerprint density at radius 2 is 1.89 bits per heavy atom. The molecule has 2 saturated carbocycles. The number of rotatable bonds is 5. The average molecular weight is 268 g/mol. The van der Waals surface area contributed by atoms with Gasteiger partial charge < -0.3 is 10.8 Å². The first-order chi connectivity index (χ1) is 9.02. The summed E-state index contributed by atoms with van der Waals surface area (Å²) in [7, 11) is 0. The molecular weight excluding hydrogens is 236 g/mol. The Kier molecular flexibility index (Phi) is 5.27. The van der Waals surface area contributed by atoms with Crippen molar-refractivity contribution in [1.82, 2.24) is 4.90 Å². The minimum Gasteiger partial charge on any atom is -0.395 e. The lowest BCUT2D eigenvalue weighted by molar-refractivity contribution is 0.0808. The van der Waals surface area contributed by atoms with Gasteiger partial charge in [-0.15, -0.1) is 0 Å². The second-order valence-electron chi connectivity index (χ2n) is 7.49. The Balaban J connectivity index is 1.94. The van der Waals surface area contributed by atoms with Crippen LogP contribution < -0.4 is 5.73 Å². The predicted octanol–water partition coefficient (Wildman–Crippen LogP) is 2.38. The van der Waals surface area contributed by atoms with Crippen LogP contribution in [0.3, 0.4) is 0 Å². The minimum atomic E-state index is 0.280. The van der Waals surface area contributed by atoms with Crippen LogP contribution in [0.25, 0.3) is 0 Å². The topological polar surface area (TPSA) is 49.5 Å². The molecule has 19 heavy (non-hydrogen) atoms. The molecule has 2 atom stereocenters. The van der Waals surface area contributed by atoms with Crippen LogP contribution in [0, 0.1) is 11.3 Å². The Morgan fingerprint density at radius 3 is 2.53 bits per heavy atom. The van der Waals surface area contributed by atoms with E-state index in [1.165, 1.54) is 38.5 Å². The first-order valence-corrected chi connectivity index (χ1v) is 8.12. The molecule has 2 rings (SSSR count). The zero-order chi connectivity index (χ0) is 13.9. The summed E-state index contributed by atoms with van der Waals surface area (Å²) in [5.74, 6) is 0.607. The van der Waals surface area contributed by atoms with Gasteiger partial charge in [-0.25, -0.2) is 0 Å². The van der Waals surface area contributed by atoms with E-state index >= 15 is 0 Å². The maximum absolute atomic E-state index is 9.32. The molecule has 3 nitrogen and oxygen atoms in total. The number of nitrogens with zero attached hydrogens (tertiary/aromatic N) is 1. The van der Waals surface area contributed by atoms with E-state index < -0.39 is 0 Å². The molecule has 0 aromatic carbocycles. The molecule has 0 heterocycles. The van der Waals surface area contributed by atoms with Gasteiger partial charge in [-0.2, -0.15) is 0 Å². The smallest absolute Gasteiger partial charge is 0.0558 e. The van der Waals surface area contributed by atoms with Gasteiger partial charge in [0.1, 0.15) is 0 Å². The van der Waals surface area contributed by atoms with Crippen molar-refractivity contribution in [3.8, 4) is 0 Å². The van der Waals surface area contributed by atoms with Crippen LogP contribution in [0.5, 0.6) is 0 Å². The summed E-state index contributed by atoms with van der Waals surface area (Å²) in [4.78, 5) is 2.53. The maximum Gasteiger partial charge on any atom is 0.0558 e. The molecule has 0 aromatic heterocycles. The zero-order valence-electron chi connectivity index (χ0n) is 12.8. The van der Waals surface area contributed by atoms with Crippen LogP contribution in [0.2, 0.25) is 0 Å². The van der Waals surface area contributed by atoms with Gasteiger partial charge >= 0.3 is 0 Å². The van der Waals surface area contributed by atoms with Crippen molar-refractivity contribution in [3.63, 3.8) is 0 Å². The van der Waals surface area contributed by atoms with Crippen LogP contribution in [-0.4, -0.2) is 41.8 Å². The summed E-state index contributed by atoms with van der Waals surface area (Å²) in [5, 5.41) is 9.32. The number of hydrogen-bond donors (Lipinski definition) is 2. The quantitative estimate of drug-likeness (QED) is 0.805. The molecule has 0 aliphatic heterocycles. The third-order valence-electron chi connectivity index (χ3n) is 5.27. The van der Waals surface area contributed by atoms with E-state index in [0.29, 0.717) is 23.4 Å². The fourth-order valence-corrected chi connectivity index (χ4v) is 4.08. The van der Waals surface area contributed by atoms with Crippen molar-refractivity contribution < 1.29 is 5.11 Å². The van der Waals surface area contributed by atoms with E-state index in [-0.39, 0.29) is 6.61 Å². The molecule has 2 fully saturated rings. The second-order valence-corrected chi connectivity index (χ2v) is 7.49. The van der Waals surface area contributed by atoms with Crippen molar-refractivity contribution in [3.05, 3.63) is 0 Å². The molecule has 3 heteroatoms. The van der Waals surface area contributed by atoms with Crippen LogP contribution in [0.1, 0.15) is 58.8 Å². The van der Waals surface area contributed by atoms with E-state index in [2.05, 4.69) is 18.7 Å². The highest BCUT2D eigenvalue weighted by atomic mass is 16.3. The highest BCUT2D eigenvalue weighted by Gasteiger charge is 2.35. The van der Waals surface area contributed by atoms with Gasteiger partial charge in [-0.05, 0) is 43.4 Å². The van der Waals surface area contributed by atoms with Gasteiger partial charge in [0, 0.05) is 25.2 Å². The Labute approximate surface area is 118 Å². The largest absolute Gasteiger partial charge is 0.395 e. The number of nitrogens with two attached hydrogens (primary N) is 1. The Bertz CT molecular complexity index is 274. The molecule has 3 N–H and O–H groups in total. The molecule has 112 valence electrons. The molecule has 0 bridgehead atoms. The maximum atomic E-state index is 9.32. The van der Waals surface area contributed by atoms with Crippen molar-refractivity contribution >= 4 is 0 Å². The van der Waals surface area contributed by atoms with Crippen LogP contribution in [0.15, 0.2) is 0 Å². The van der Waals surface area contributed by atoms with E-state index in [1.54, 1.807) is 0 Å². The highest BCUT2D eigenvalue weighted by Crippen LogP contribution is 2.39. The SMILES string of the molecule is CC1(C)CCC(N)C(CN(CCO)C2CCCC2)C1. The molecule has 0 saturated heterocycles. The van der Waals surface area contributed by atoms with Crippen LogP contribution in [0.4, 0.5) is 0 Å². The monoisotopic (exact) mass is 268 g/mol. The first kappa shape index (κ1) is 15.3. The van der Waals surface area contributed by atoms with Gasteiger partial charge in [0.25, 0.3) is 0 Å². The summed E-state index contributed by atoms with van der Waals surface area (Å²) < 4.78 is 0. The Morgan fingerprint density at radius 1 is 1.21 bits per heavy atom. The summed E-state index contributed by atoms with van der Waals surface area (Å²) in [6.45, 7) is 6.95. The molecule has 0 radical (unpaired) electrons. The van der Waals surface area contributed by atoms with E-state index in [9.17, 15) is 5.11 Å². The normalized spacial score (nSPS) is 32.1. The molecule has 0 spiro atoms. The molecule has 2 unspecified atom stereocenters. The zero-order valence-corrected chi connectivity index (χ0v) is 12.8. The van der Waals surface area contributed by atoms with E-state index in [4.69, 9.17) is 5.73 Å². The molecule has 0 amide bonds. The van der Waals surface area contributed by atoms with Gasteiger partial charge in [-0.1, -0.05) is 26.7 Å². The number of aliphatic hydroxyl groups excluding tert-OH is 1. The summed E-state index contributed by atoms with van der Waals surface area (Å²) in [6, 6.07) is 1.06. The second kappa shape index (κ2) is 6.55. The van der Waals surface area contributed by atoms with Gasteiger partial charge in [0.2, 0.25) is 0 Å². The Hall–Kier alpha value is -0.120. The lowest BCUT2D eigenvalue weighted by Crippen LogP contribution is -2.48. The van der Waals surface area contributed by atoms with Crippen molar-refractivity contribution in [2.45, 2.75) is 70.9 Å². The third kappa shape index (κ3) is 4.17. The first-order valence-electron chi connectivity index (χ1n) is 8.12. The molecule has 0 aromatic rings. The van der Waals surface area contributed by atoms with Crippen molar-refractivity contribution in [2.75, 3.05) is 19.7 Å². The summed E-state index contributed by atoms with van der Waals surface area (Å²) in [6.07, 6.45) is 8.99. The summed E-state index contributed by atoms with van der Waals surface area (Å²) in [5.41, 5.74) is 6.80. The molecule has 2 aliphatic carbocycles. The number of hydrogen-bond acceptors (Lipinski definition) is 3. The van der Waals surface area contributed by atoms with Crippen LogP contribution >= 0.6 is 0 Å². The van der Waals surface area contributed by atoms with Gasteiger partial charge in [-0.3, -0.25) is 4.90 Å². The van der Waals surface area contributed by atoms with E-state index in [1.807, 2.05) is 0 Å². The van der Waals surface area contributed by atoms with Crippen molar-refractivity contribution in [2.24, 2.45) is 17.1 Å². The minimum absolute atomic E-state index is 0.280. The fraction of sp³-hybridized carbons (Fsp3) is 1.00. The third-order valence-corrected chi connectivity index (χ3v) is 5.27. The lowest BCUT2D eigenvalue weighted by atomic mass is 9.70. The molecule has 2 aliphatic rings.